The predicted molar refractivity (Wildman–Crippen MR) is 82.2 cm³/mol. The molecule has 4 atom stereocenters. The van der Waals surface area contributed by atoms with Gasteiger partial charge in [-0.05, 0) is 18.2 Å². The van der Waals surface area contributed by atoms with Crippen molar-refractivity contribution in [3.8, 4) is 0 Å². The molecule has 118 valence electrons. The topological polar surface area (TPSA) is 71.5 Å². The number of benzene rings is 1. The van der Waals surface area contributed by atoms with E-state index in [1.54, 1.807) is 0 Å². The third kappa shape index (κ3) is 2.00. The van der Waals surface area contributed by atoms with E-state index < -0.39 is 35.5 Å². The molecule has 1 aromatic rings. The van der Waals surface area contributed by atoms with Gasteiger partial charge in [0.1, 0.15) is 11.6 Å². The van der Waals surface area contributed by atoms with Gasteiger partial charge >= 0.3 is 0 Å². The monoisotopic (exact) mass is 351 g/mol. The molecule has 2 bridgehead atoms. The Balaban J connectivity index is 1.80. The molecule has 7 heteroatoms. The van der Waals surface area contributed by atoms with Gasteiger partial charge in [-0.3, -0.25) is 19.2 Å². The van der Waals surface area contributed by atoms with Crippen LogP contribution in [0.3, 0.4) is 0 Å². The first kappa shape index (κ1) is 14.8. The first-order valence-corrected chi connectivity index (χ1v) is 8.03. The maximum Gasteiger partial charge on any atom is 0.238 e. The predicted octanol–water partition coefficient (Wildman–Crippen LogP) is 2.28. The van der Waals surface area contributed by atoms with E-state index in [9.17, 15) is 19.2 Å². The lowest BCUT2D eigenvalue weighted by molar-refractivity contribution is -0.153. The summed E-state index contributed by atoms with van der Waals surface area (Å²) in [5.74, 6) is -3.87. The van der Waals surface area contributed by atoms with Gasteiger partial charge in [-0.25, -0.2) is 4.90 Å². The molecule has 1 aliphatic heterocycles. The van der Waals surface area contributed by atoms with Crippen LogP contribution in [0.1, 0.15) is 12.8 Å². The van der Waals surface area contributed by atoms with Gasteiger partial charge in [-0.15, -0.1) is 0 Å². The zero-order chi connectivity index (χ0) is 16.5. The molecule has 0 N–H and O–H groups in total. The molecule has 0 spiro atoms. The first-order chi connectivity index (χ1) is 10.9. The van der Waals surface area contributed by atoms with Crippen molar-refractivity contribution in [2.75, 3.05) is 4.90 Å². The van der Waals surface area contributed by atoms with E-state index in [0.29, 0.717) is 10.0 Å². The molecule has 3 saturated carbocycles. The van der Waals surface area contributed by atoms with Crippen molar-refractivity contribution in [2.45, 2.75) is 12.8 Å². The van der Waals surface area contributed by atoms with Crippen molar-refractivity contribution in [3.05, 3.63) is 28.2 Å². The molecule has 0 unspecified atom stereocenters. The van der Waals surface area contributed by atoms with Gasteiger partial charge in [0.2, 0.25) is 11.8 Å². The summed E-state index contributed by atoms with van der Waals surface area (Å²) in [5, 5.41) is 0.608. The smallest absolute Gasteiger partial charge is 0.238 e. The van der Waals surface area contributed by atoms with E-state index in [-0.39, 0.29) is 30.1 Å². The fraction of sp³-hybridized carbons (Fsp3) is 0.375. The van der Waals surface area contributed by atoms with Crippen LogP contribution < -0.4 is 4.90 Å². The maximum absolute atomic E-state index is 12.8. The summed E-state index contributed by atoms with van der Waals surface area (Å²) in [5.41, 5.74) is 0.284. The number of hydrogen-bond acceptors (Lipinski definition) is 4. The second-order valence-corrected chi connectivity index (χ2v) is 7.12. The molecule has 0 radical (unpaired) electrons. The number of carbonyl (C=O) groups excluding carboxylic acids is 4. The highest BCUT2D eigenvalue weighted by Gasteiger charge is 2.63. The van der Waals surface area contributed by atoms with E-state index in [1.165, 1.54) is 18.2 Å². The van der Waals surface area contributed by atoms with Crippen LogP contribution in [0.15, 0.2) is 18.2 Å². The number of halogens is 2. The van der Waals surface area contributed by atoms with Crippen molar-refractivity contribution in [1.82, 2.24) is 0 Å². The Bertz CT molecular complexity index is 730. The Morgan fingerprint density at radius 3 is 1.65 bits per heavy atom. The number of fused-ring (bicyclic) bond motifs is 2. The molecule has 1 saturated heterocycles. The molecular weight excluding hydrogens is 341 g/mol. The molecule has 4 aliphatic rings. The summed E-state index contributed by atoms with van der Waals surface area (Å²) >= 11 is 11.9. The molecule has 0 aromatic heterocycles. The molecule has 3 aliphatic carbocycles. The van der Waals surface area contributed by atoms with Gasteiger partial charge in [-0.2, -0.15) is 0 Å². The van der Waals surface area contributed by atoms with Crippen LogP contribution in [0.4, 0.5) is 5.69 Å². The Labute approximate surface area is 141 Å². The van der Waals surface area contributed by atoms with Crippen LogP contribution in [0, 0.1) is 23.7 Å². The van der Waals surface area contributed by atoms with E-state index in [2.05, 4.69) is 0 Å². The number of anilines is 1. The van der Waals surface area contributed by atoms with Crippen LogP contribution in [-0.4, -0.2) is 23.4 Å². The molecule has 1 aromatic carbocycles. The lowest BCUT2D eigenvalue weighted by Gasteiger charge is -2.40. The SMILES string of the molecule is O=C1C[C@H]2C(=O)C[C@@H]1[C@H]1C(=O)N(c3cc(Cl)cc(Cl)c3)C(=O)[C@@H]12. The largest absolute Gasteiger partial charge is 0.299 e. The minimum atomic E-state index is -0.732. The fourth-order valence-electron chi connectivity index (χ4n) is 4.10. The zero-order valence-corrected chi connectivity index (χ0v) is 13.3. The molecule has 5 rings (SSSR count). The van der Waals surface area contributed by atoms with Crippen LogP contribution in [0.2, 0.25) is 10.0 Å². The Morgan fingerprint density at radius 2 is 1.22 bits per heavy atom. The third-order valence-corrected chi connectivity index (χ3v) is 5.48. The number of Topliss-reactive ketones (excluding diaryl/α,β-unsaturated/α-hetero) is 2. The molecule has 23 heavy (non-hydrogen) atoms. The highest BCUT2D eigenvalue weighted by Crippen LogP contribution is 2.51. The number of imide groups is 1. The van der Waals surface area contributed by atoms with E-state index in [1.807, 2.05) is 0 Å². The summed E-state index contributed by atoms with van der Waals surface area (Å²) in [7, 11) is 0. The number of nitrogens with zero attached hydrogens (tertiary/aromatic N) is 1. The summed E-state index contributed by atoms with van der Waals surface area (Å²) in [4.78, 5) is 50.7. The van der Waals surface area contributed by atoms with Gasteiger partial charge in [0.05, 0.1) is 17.5 Å². The highest BCUT2D eigenvalue weighted by atomic mass is 35.5. The van der Waals surface area contributed by atoms with Gasteiger partial charge in [0, 0.05) is 34.7 Å². The maximum atomic E-state index is 12.8. The van der Waals surface area contributed by atoms with Crippen LogP contribution >= 0.6 is 23.2 Å². The van der Waals surface area contributed by atoms with E-state index in [0.717, 1.165) is 4.90 Å². The number of amides is 2. The van der Waals surface area contributed by atoms with Crippen molar-refractivity contribution in [1.29, 1.82) is 0 Å². The molecular formula is C16H11Cl2NO4. The average Bonchev–Trinajstić information content (AvgIpc) is 2.72. The normalized spacial score (nSPS) is 32.7. The minimum absolute atomic E-state index is 0.0633. The first-order valence-electron chi connectivity index (χ1n) is 7.28. The van der Waals surface area contributed by atoms with Crippen molar-refractivity contribution >= 4 is 52.3 Å². The lowest BCUT2D eigenvalue weighted by atomic mass is 9.58. The van der Waals surface area contributed by atoms with Gasteiger partial charge in [-0.1, -0.05) is 23.2 Å². The lowest BCUT2D eigenvalue weighted by Crippen LogP contribution is -2.51. The summed E-state index contributed by atoms with van der Waals surface area (Å²) < 4.78 is 0. The average molecular weight is 352 g/mol. The van der Waals surface area contributed by atoms with Crippen LogP contribution in [0.5, 0.6) is 0 Å². The second kappa shape index (κ2) is 4.89. The Hall–Kier alpha value is -1.72. The van der Waals surface area contributed by atoms with Gasteiger partial charge in [0.25, 0.3) is 0 Å². The quantitative estimate of drug-likeness (QED) is 0.727. The number of carbonyl (C=O) groups is 4. The standard InChI is InChI=1S/C16H11Cl2NO4/c17-6-1-7(18)3-8(2-6)19-15(22)13-9-4-11(20)10(5-12(9)21)14(13)16(19)23/h1-3,9-10,13-14H,4-5H2/t9-,10-,13+,14+/m0/s1. The molecule has 2 amide bonds. The van der Waals surface area contributed by atoms with Gasteiger partial charge in [0.15, 0.2) is 0 Å². The van der Waals surface area contributed by atoms with Gasteiger partial charge < -0.3 is 0 Å². The minimum Gasteiger partial charge on any atom is -0.299 e. The third-order valence-electron chi connectivity index (χ3n) is 5.04. The van der Waals surface area contributed by atoms with E-state index >= 15 is 0 Å². The van der Waals surface area contributed by atoms with Crippen molar-refractivity contribution in [2.24, 2.45) is 23.7 Å². The second-order valence-electron chi connectivity index (χ2n) is 6.24. The zero-order valence-electron chi connectivity index (χ0n) is 11.8. The van der Waals surface area contributed by atoms with Crippen molar-refractivity contribution < 1.29 is 19.2 Å². The fourth-order valence-corrected chi connectivity index (χ4v) is 4.61. The molecule has 5 nitrogen and oxygen atoms in total. The van der Waals surface area contributed by atoms with Crippen LogP contribution in [0.25, 0.3) is 0 Å². The molecule has 1 heterocycles. The summed E-state index contributed by atoms with van der Waals surface area (Å²) in [6.45, 7) is 0. The highest BCUT2D eigenvalue weighted by molar-refractivity contribution is 6.36. The number of ketones is 2. The van der Waals surface area contributed by atoms with Crippen LogP contribution in [-0.2, 0) is 19.2 Å². The molecule has 4 fully saturated rings. The number of hydrogen-bond donors (Lipinski definition) is 0. The Morgan fingerprint density at radius 1 is 0.783 bits per heavy atom. The summed E-state index contributed by atoms with van der Waals surface area (Å²) in [6, 6.07) is 4.46. The van der Waals surface area contributed by atoms with Crippen molar-refractivity contribution in [3.63, 3.8) is 0 Å². The Kier molecular flexibility index (Phi) is 3.15. The van der Waals surface area contributed by atoms with E-state index in [4.69, 9.17) is 23.2 Å². The summed E-state index contributed by atoms with van der Waals surface area (Å²) in [6.07, 6.45) is 0.127. The number of rotatable bonds is 1.